The molecular weight excluding hydrogens is 460 g/mol. The average molecular weight is 479 g/mol. The average Bonchev–Trinajstić information content (AvgIpc) is 2.82. The lowest BCUT2D eigenvalue weighted by atomic mass is 10.1. The number of hydrogen-bond donors (Lipinski definition) is 2. The van der Waals surface area contributed by atoms with Crippen molar-refractivity contribution in [1.29, 1.82) is 5.26 Å². The zero-order chi connectivity index (χ0) is 24.5. The normalized spacial score (nSPS) is 10.1. The maximum atomic E-state index is 12.9. The van der Waals surface area contributed by atoms with Crippen LogP contribution in [0.2, 0.25) is 5.02 Å². The SMILES string of the molecule is N#CCCCOc1cccc(NC(=O)c2ccccc2NC(=O)c2ccc([N+](=O)[O-])cc2Cl)c1. The van der Waals surface area contributed by atoms with Crippen molar-refractivity contribution in [1.82, 2.24) is 0 Å². The molecule has 0 aliphatic rings. The summed E-state index contributed by atoms with van der Waals surface area (Å²) in [7, 11) is 0. The molecule has 0 unspecified atom stereocenters. The molecule has 0 aliphatic carbocycles. The number of nitrogens with one attached hydrogen (secondary N) is 2. The molecule has 0 heterocycles. The van der Waals surface area contributed by atoms with E-state index in [1.807, 2.05) is 6.07 Å². The first-order valence-corrected chi connectivity index (χ1v) is 10.5. The number of nitro benzene ring substituents is 1. The fourth-order valence-corrected chi connectivity index (χ4v) is 3.25. The maximum absolute atomic E-state index is 12.9. The van der Waals surface area contributed by atoms with Crippen LogP contribution < -0.4 is 15.4 Å². The van der Waals surface area contributed by atoms with Gasteiger partial charge in [0.2, 0.25) is 0 Å². The molecule has 0 bridgehead atoms. The van der Waals surface area contributed by atoms with Crippen LogP contribution in [0, 0.1) is 21.4 Å². The van der Waals surface area contributed by atoms with E-state index in [1.54, 1.807) is 48.5 Å². The molecule has 10 heteroatoms. The number of carbonyl (C=O) groups is 2. The van der Waals surface area contributed by atoms with Gasteiger partial charge in [-0.05, 0) is 36.8 Å². The van der Waals surface area contributed by atoms with Gasteiger partial charge in [0.05, 0.1) is 39.4 Å². The quantitative estimate of drug-likeness (QED) is 0.239. The molecule has 0 aliphatic heterocycles. The topological polar surface area (TPSA) is 134 Å². The molecule has 3 aromatic carbocycles. The predicted molar refractivity (Wildman–Crippen MR) is 127 cm³/mol. The van der Waals surface area contributed by atoms with Gasteiger partial charge in [0.25, 0.3) is 17.5 Å². The number of para-hydroxylation sites is 1. The molecule has 0 atom stereocenters. The minimum atomic E-state index is -0.618. The summed E-state index contributed by atoms with van der Waals surface area (Å²) in [5, 5.41) is 24.8. The van der Waals surface area contributed by atoms with Gasteiger partial charge in [0, 0.05) is 30.3 Å². The van der Waals surface area contributed by atoms with E-state index in [0.29, 0.717) is 30.9 Å². The summed E-state index contributed by atoms with van der Waals surface area (Å²) in [5.74, 6) is -0.537. The lowest BCUT2D eigenvalue weighted by Gasteiger charge is -2.13. The molecule has 0 fully saturated rings. The maximum Gasteiger partial charge on any atom is 0.270 e. The van der Waals surface area contributed by atoms with E-state index in [9.17, 15) is 19.7 Å². The number of amides is 2. The summed E-state index contributed by atoms with van der Waals surface area (Å²) in [6, 6.07) is 18.8. The number of rotatable bonds is 9. The standard InChI is InChI=1S/C24H19ClN4O5/c25-21-15-17(29(32)33)10-11-19(21)23(30)28-22-9-2-1-8-20(22)24(31)27-16-6-5-7-18(14-16)34-13-4-3-12-26/h1-2,5-11,14-15H,3-4,13H2,(H,27,31)(H,28,30). The first-order chi connectivity index (χ1) is 16.4. The monoisotopic (exact) mass is 478 g/mol. The van der Waals surface area contributed by atoms with Crippen molar-refractivity contribution >= 4 is 40.5 Å². The largest absolute Gasteiger partial charge is 0.493 e. The van der Waals surface area contributed by atoms with E-state index in [-0.39, 0.29) is 27.5 Å². The summed E-state index contributed by atoms with van der Waals surface area (Å²) in [5.41, 5.74) is 0.723. The van der Waals surface area contributed by atoms with E-state index < -0.39 is 16.7 Å². The van der Waals surface area contributed by atoms with Crippen LogP contribution in [0.5, 0.6) is 5.75 Å². The van der Waals surface area contributed by atoms with Gasteiger partial charge in [0.15, 0.2) is 0 Å². The Kier molecular flexibility index (Phi) is 8.16. The van der Waals surface area contributed by atoms with Crippen LogP contribution in [0.3, 0.4) is 0 Å². The second kappa shape index (κ2) is 11.4. The highest BCUT2D eigenvalue weighted by Gasteiger charge is 2.18. The highest BCUT2D eigenvalue weighted by atomic mass is 35.5. The number of nitrogens with zero attached hydrogens (tertiary/aromatic N) is 2. The highest BCUT2D eigenvalue weighted by Crippen LogP contribution is 2.25. The van der Waals surface area contributed by atoms with Gasteiger partial charge in [-0.2, -0.15) is 5.26 Å². The molecule has 34 heavy (non-hydrogen) atoms. The summed E-state index contributed by atoms with van der Waals surface area (Å²) in [4.78, 5) is 35.9. The molecule has 9 nitrogen and oxygen atoms in total. The van der Waals surface area contributed by atoms with Crippen LogP contribution in [0.1, 0.15) is 33.6 Å². The van der Waals surface area contributed by atoms with Gasteiger partial charge in [0.1, 0.15) is 5.75 Å². The first-order valence-electron chi connectivity index (χ1n) is 10.1. The van der Waals surface area contributed by atoms with Crippen LogP contribution in [0.15, 0.2) is 66.7 Å². The molecule has 2 N–H and O–H groups in total. The number of halogens is 1. The number of unbranched alkanes of at least 4 members (excludes halogenated alkanes) is 1. The number of nitro groups is 1. The lowest BCUT2D eigenvalue weighted by Crippen LogP contribution is -2.18. The molecule has 0 spiro atoms. The number of nitriles is 1. The lowest BCUT2D eigenvalue weighted by molar-refractivity contribution is -0.384. The molecule has 0 saturated heterocycles. The van der Waals surface area contributed by atoms with E-state index in [0.717, 1.165) is 6.07 Å². The van der Waals surface area contributed by atoms with Gasteiger partial charge in [-0.1, -0.05) is 29.8 Å². The molecule has 0 radical (unpaired) electrons. The number of ether oxygens (including phenoxy) is 1. The fourth-order valence-electron chi connectivity index (χ4n) is 2.98. The molecule has 0 saturated carbocycles. The molecule has 3 aromatic rings. The third kappa shape index (κ3) is 6.31. The third-order valence-electron chi connectivity index (χ3n) is 4.62. The minimum Gasteiger partial charge on any atom is -0.493 e. The first kappa shape index (κ1) is 24.2. The van der Waals surface area contributed by atoms with Crippen LogP contribution in [-0.2, 0) is 0 Å². The van der Waals surface area contributed by atoms with Gasteiger partial charge >= 0.3 is 0 Å². The second-order valence-corrected chi connectivity index (χ2v) is 7.42. The molecular formula is C24H19ClN4O5. The van der Waals surface area contributed by atoms with Crippen LogP contribution in [0.25, 0.3) is 0 Å². The van der Waals surface area contributed by atoms with Crippen LogP contribution in [-0.4, -0.2) is 23.3 Å². The smallest absolute Gasteiger partial charge is 0.270 e. The Balaban J connectivity index is 1.73. The van der Waals surface area contributed by atoms with Crippen LogP contribution in [0.4, 0.5) is 17.1 Å². The van der Waals surface area contributed by atoms with Gasteiger partial charge < -0.3 is 15.4 Å². The molecule has 2 amide bonds. The van der Waals surface area contributed by atoms with Crippen molar-refractivity contribution in [2.75, 3.05) is 17.2 Å². The second-order valence-electron chi connectivity index (χ2n) is 7.01. The Morgan fingerprint density at radius 2 is 1.76 bits per heavy atom. The number of anilines is 2. The Morgan fingerprint density at radius 3 is 2.50 bits per heavy atom. The van der Waals surface area contributed by atoms with Gasteiger partial charge in [-0.3, -0.25) is 19.7 Å². The summed E-state index contributed by atoms with van der Waals surface area (Å²) in [6.45, 7) is 0.380. The van der Waals surface area contributed by atoms with E-state index in [2.05, 4.69) is 10.6 Å². The number of carbonyl (C=O) groups excluding carboxylic acids is 2. The van der Waals surface area contributed by atoms with E-state index in [1.165, 1.54) is 12.1 Å². The Bertz CT molecular complexity index is 1270. The van der Waals surface area contributed by atoms with Crippen molar-refractivity contribution in [3.63, 3.8) is 0 Å². The Hall–Kier alpha value is -4.42. The summed E-state index contributed by atoms with van der Waals surface area (Å²) >= 11 is 6.04. The molecule has 3 rings (SSSR count). The highest BCUT2D eigenvalue weighted by molar-refractivity contribution is 6.34. The van der Waals surface area contributed by atoms with Gasteiger partial charge in [-0.15, -0.1) is 0 Å². The van der Waals surface area contributed by atoms with Crippen LogP contribution >= 0.6 is 11.6 Å². The zero-order valence-corrected chi connectivity index (χ0v) is 18.5. The number of non-ortho nitro benzene ring substituents is 1. The van der Waals surface area contributed by atoms with E-state index >= 15 is 0 Å². The minimum absolute atomic E-state index is 0.0312. The fraction of sp³-hybridized carbons (Fsp3) is 0.125. The van der Waals surface area contributed by atoms with Gasteiger partial charge in [-0.25, -0.2) is 0 Å². The predicted octanol–water partition coefficient (Wildman–Crippen LogP) is 5.44. The van der Waals surface area contributed by atoms with Crippen molar-refractivity contribution in [3.05, 3.63) is 93.0 Å². The Morgan fingerprint density at radius 1 is 1.00 bits per heavy atom. The van der Waals surface area contributed by atoms with Crippen molar-refractivity contribution in [2.24, 2.45) is 0 Å². The van der Waals surface area contributed by atoms with Crippen molar-refractivity contribution in [3.8, 4) is 11.8 Å². The molecule has 0 aromatic heterocycles. The number of benzene rings is 3. The third-order valence-corrected chi connectivity index (χ3v) is 4.93. The van der Waals surface area contributed by atoms with Crippen molar-refractivity contribution < 1.29 is 19.2 Å². The molecule has 172 valence electrons. The van der Waals surface area contributed by atoms with Crippen molar-refractivity contribution in [2.45, 2.75) is 12.8 Å². The Labute approximate surface area is 200 Å². The summed E-state index contributed by atoms with van der Waals surface area (Å²) < 4.78 is 5.58. The van der Waals surface area contributed by atoms with E-state index in [4.69, 9.17) is 21.6 Å². The zero-order valence-electron chi connectivity index (χ0n) is 17.8. The summed E-state index contributed by atoms with van der Waals surface area (Å²) in [6.07, 6.45) is 0.989. The number of hydrogen-bond acceptors (Lipinski definition) is 6.